The zero-order chi connectivity index (χ0) is 9.35. The van der Waals surface area contributed by atoms with Gasteiger partial charge >= 0.3 is 0 Å². The minimum Gasteiger partial charge on any atom is -0.0623 e. The van der Waals surface area contributed by atoms with E-state index in [1.54, 1.807) is 0 Å². The molecule has 12 heavy (non-hydrogen) atoms. The lowest BCUT2D eigenvalue weighted by Crippen LogP contribution is -2.35. The van der Waals surface area contributed by atoms with Gasteiger partial charge in [-0.3, -0.25) is 0 Å². The third kappa shape index (κ3) is 1.67. The highest BCUT2D eigenvalue weighted by molar-refractivity contribution is 4.86. The van der Waals surface area contributed by atoms with Gasteiger partial charge in [-0.1, -0.05) is 53.9 Å². The van der Waals surface area contributed by atoms with Crippen LogP contribution in [-0.2, 0) is 0 Å². The molecule has 0 radical (unpaired) electrons. The van der Waals surface area contributed by atoms with Crippen molar-refractivity contribution < 1.29 is 0 Å². The summed E-state index contributed by atoms with van der Waals surface area (Å²) in [5, 5.41) is 0. The molecule has 1 unspecified atom stereocenters. The fourth-order valence-corrected chi connectivity index (χ4v) is 2.07. The first-order chi connectivity index (χ1) is 5.46. The lowest BCUT2D eigenvalue weighted by molar-refractivity contribution is 0.0594. The van der Waals surface area contributed by atoms with E-state index >= 15 is 0 Å². The topological polar surface area (TPSA) is 0 Å². The van der Waals surface area contributed by atoms with Crippen molar-refractivity contribution in [2.75, 3.05) is 0 Å². The van der Waals surface area contributed by atoms with E-state index in [1.165, 1.54) is 19.3 Å². The molecule has 1 atom stereocenters. The van der Waals surface area contributed by atoms with Gasteiger partial charge in [0.25, 0.3) is 0 Å². The van der Waals surface area contributed by atoms with Gasteiger partial charge in [0.05, 0.1) is 0 Å². The van der Waals surface area contributed by atoms with E-state index in [2.05, 4.69) is 34.6 Å². The van der Waals surface area contributed by atoms with Gasteiger partial charge in [0.1, 0.15) is 0 Å². The predicted octanol–water partition coefficient (Wildman–Crippen LogP) is 4.10. The Bertz CT molecular complexity index is 140. The standard InChI is InChI=1S/C12H24/c1-9(2)12(4,5)10(3)11-7-6-8-11/h9-11H,6-8H2,1-5H3. The molecule has 0 heterocycles. The van der Waals surface area contributed by atoms with Crippen molar-refractivity contribution in [2.24, 2.45) is 23.2 Å². The summed E-state index contributed by atoms with van der Waals surface area (Å²) in [6.45, 7) is 12.0. The molecule has 0 amide bonds. The summed E-state index contributed by atoms with van der Waals surface area (Å²) < 4.78 is 0. The van der Waals surface area contributed by atoms with Gasteiger partial charge in [-0.05, 0) is 23.2 Å². The molecule has 1 aliphatic rings. The quantitative estimate of drug-likeness (QED) is 0.595. The molecule has 0 saturated heterocycles. The molecule has 1 fully saturated rings. The van der Waals surface area contributed by atoms with E-state index in [9.17, 15) is 0 Å². The molecule has 0 heteroatoms. The maximum atomic E-state index is 2.45. The highest BCUT2D eigenvalue weighted by Crippen LogP contribution is 2.45. The third-order valence-corrected chi connectivity index (χ3v) is 4.52. The molecule has 0 N–H and O–H groups in total. The van der Waals surface area contributed by atoms with Crippen LogP contribution >= 0.6 is 0 Å². The van der Waals surface area contributed by atoms with Crippen LogP contribution in [0.3, 0.4) is 0 Å². The second kappa shape index (κ2) is 3.40. The van der Waals surface area contributed by atoms with Gasteiger partial charge in [0.2, 0.25) is 0 Å². The highest BCUT2D eigenvalue weighted by Gasteiger charge is 2.36. The largest absolute Gasteiger partial charge is 0.0623 e. The summed E-state index contributed by atoms with van der Waals surface area (Å²) in [6, 6.07) is 0. The van der Waals surface area contributed by atoms with Crippen molar-refractivity contribution in [3.05, 3.63) is 0 Å². The first-order valence-corrected chi connectivity index (χ1v) is 5.46. The molecule has 1 rings (SSSR count). The second-order valence-electron chi connectivity index (χ2n) is 5.46. The van der Waals surface area contributed by atoms with Crippen LogP contribution in [0, 0.1) is 23.2 Å². The summed E-state index contributed by atoms with van der Waals surface area (Å²) in [5.41, 5.74) is 0.533. The first-order valence-electron chi connectivity index (χ1n) is 5.46. The fraction of sp³-hybridized carbons (Fsp3) is 1.00. The monoisotopic (exact) mass is 168 g/mol. The zero-order valence-corrected chi connectivity index (χ0v) is 9.35. The van der Waals surface area contributed by atoms with E-state index in [0.717, 1.165) is 17.8 Å². The van der Waals surface area contributed by atoms with Crippen molar-refractivity contribution in [3.8, 4) is 0 Å². The van der Waals surface area contributed by atoms with E-state index in [1.807, 2.05) is 0 Å². The van der Waals surface area contributed by atoms with E-state index < -0.39 is 0 Å². The van der Waals surface area contributed by atoms with E-state index in [4.69, 9.17) is 0 Å². The maximum Gasteiger partial charge on any atom is -0.0303 e. The predicted molar refractivity (Wildman–Crippen MR) is 55.1 cm³/mol. The molecule has 1 saturated carbocycles. The number of hydrogen-bond donors (Lipinski definition) is 0. The van der Waals surface area contributed by atoms with Crippen LogP contribution in [0.5, 0.6) is 0 Å². The Morgan fingerprint density at radius 2 is 1.58 bits per heavy atom. The normalized spacial score (nSPS) is 22.5. The molecular weight excluding hydrogens is 144 g/mol. The van der Waals surface area contributed by atoms with Crippen LogP contribution in [0.1, 0.15) is 53.9 Å². The smallest absolute Gasteiger partial charge is 0.0303 e. The molecule has 0 spiro atoms. The van der Waals surface area contributed by atoms with Crippen LogP contribution < -0.4 is 0 Å². The number of rotatable bonds is 3. The minimum atomic E-state index is 0.533. The van der Waals surface area contributed by atoms with Gasteiger partial charge in [-0.2, -0.15) is 0 Å². The Kier molecular flexibility index (Phi) is 2.85. The zero-order valence-electron chi connectivity index (χ0n) is 9.35. The van der Waals surface area contributed by atoms with Gasteiger partial charge in [0.15, 0.2) is 0 Å². The molecule has 72 valence electrons. The van der Waals surface area contributed by atoms with Crippen molar-refractivity contribution in [2.45, 2.75) is 53.9 Å². The molecule has 0 aromatic carbocycles. The summed E-state index contributed by atoms with van der Waals surface area (Å²) in [6.07, 6.45) is 4.44. The van der Waals surface area contributed by atoms with Gasteiger partial charge in [-0.25, -0.2) is 0 Å². The Hall–Kier alpha value is 0. The molecule has 0 nitrogen and oxygen atoms in total. The molecule has 0 aliphatic heterocycles. The van der Waals surface area contributed by atoms with E-state index in [-0.39, 0.29) is 0 Å². The second-order valence-corrected chi connectivity index (χ2v) is 5.46. The lowest BCUT2D eigenvalue weighted by atomic mass is 9.62. The fourth-order valence-electron chi connectivity index (χ4n) is 2.07. The van der Waals surface area contributed by atoms with Crippen molar-refractivity contribution in [3.63, 3.8) is 0 Å². The van der Waals surface area contributed by atoms with Crippen molar-refractivity contribution in [1.82, 2.24) is 0 Å². The maximum absolute atomic E-state index is 2.45. The van der Waals surface area contributed by atoms with Crippen LogP contribution in [0.25, 0.3) is 0 Å². The van der Waals surface area contributed by atoms with Gasteiger partial charge in [-0.15, -0.1) is 0 Å². The van der Waals surface area contributed by atoms with Gasteiger partial charge in [0, 0.05) is 0 Å². The van der Waals surface area contributed by atoms with Crippen LogP contribution in [-0.4, -0.2) is 0 Å². The van der Waals surface area contributed by atoms with E-state index in [0.29, 0.717) is 5.41 Å². The Labute approximate surface area is 77.7 Å². The summed E-state index contributed by atoms with van der Waals surface area (Å²) in [5.74, 6) is 2.75. The Morgan fingerprint density at radius 3 is 1.83 bits per heavy atom. The molecule has 0 aromatic heterocycles. The Balaban J connectivity index is 2.53. The highest BCUT2D eigenvalue weighted by atomic mass is 14.4. The van der Waals surface area contributed by atoms with Gasteiger partial charge < -0.3 is 0 Å². The average Bonchev–Trinajstić information content (AvgIpc) is 1.83. The van der Waals surface area contributed by atoms with Crippen LogP contribution in [0.4, 0.5) is 0 Å². The Morgan fingerprint density at radius 1 is 1.08 bits per heavy atom. The van der Waals surface area contributed by atoms with Crippen LogP contribution in [0.2, 0.25) is 0 Å². The third-order valence-electron chi connectivity index (χ3n) is 4.52. The molecule has 0 aromatic rings. The SMILES string of the molecule is CC(C)C(C)(C)C(C)C1CCC1. The summed E-state index contributed by atoms with van der Waals surface area (Å²) >= 11 is 0. The lowest BCUT2D eigenvalue weighted by Gasteiger charge is -2.44. The first kappa shape index (κ1) is 10.1. The minimum absolute atomic E-state index is 0.533. The van der Waals surface area contributed by atoms with Crippen LogP contribution in [0.15, 0.2) is 0 Å². The molecule has 0 bridgehead atoms. The average molecular weight is 168 g/mol. The molecular formula is C12H24. The number of hydrogen-bond acceptors (Lipinski definition) is 0. The molecule has 1 aliphatic carbocycles. The summed E-state index contributed by atoms with van der Waals surface area (Å²) in [7, 11) is 0. The summed E-state index contributed by atoms with van der Waals surface area (Å²) in [4.78, 5) is 0. The van der Waals surface area contributed by atoms with Crippen molar-refractivity contribution >= 4 is 0 Å². The van der Waals surface area contributed by atoms with Crippen molar-refractivity contribution in [1.29, 1.82) is 0 Å².